The number of nitrogens with one attached hydrogen (secondary N) is 1. The fourth-order valence-electron chi connectivity index (χ4n) is 2.47. The lowest BCUT2D eigenvalue weighted by Crippen LogP contribution is -2.53. The largest absolute Gasteiger partial charge is 0.367 e. The molecule has 0 saturated carbocycles. The first-order chi connectivity index (χ1) is 8.22. The topological polar surface area (TPSA) is 28.2 Å². The van der Waals surface area contributed by atoms with Gasteiger partial charge in [0.15, 0.2) is 0 Å². The van der Waals surface area contributed by atoms with Gasteiger partial charge in [0, 0.05) is 31.9 Å². The predicted octanol–water partition coefficient (Wildman–Crippen LogP) is 2.21. The minimum absolute atomic E-state index is 0.605. The highest BCUT2D eigenvalue weighted by molar-refractivity contribution is 5.50. The van der Waals surface area contributed by atoms with Crippen LogP contribution in [0, 0.1) is 12.8 Å². The predicted molar refractivity (Wildman–Crippen MR) is 72.4 cm³/mol. The number of nitrogens with zero attached hydrogens (tertiary/aromatic N) is 2. The van der Waals surface area contributed by atoms with E-state index in [1.54, 1.807) is 0 Å². The highest BCUT2D eigenvalue weighted by Gasteiger charge is 2.23. The molecule has 94 valence electrons. The van der Waals surface area contributed by atoms with Crippen LogP contribution in [-0.2, 0) is 0 Å². The molecule has 0 radical (unpaired) electrons. The van der Waals surface area contributed by atoms with Crippen LogP contribution in [0.3, 0.4) is 0 Å². The molecule has 3 heteroatoms. The molecule has 2 heterocycles. The maximum absolute atomic E-state index is 4.38. The summed E-state index contributed by atoms with van der Waals surface area (Å²) in [6, 6.07) is 4.82. The second-order valence-electron chi connectivity index (χ2n) is 5.00. The van der Waals surface area contributed by atoms with Gasteiger partial charge in [-0.1, -0.05) is 20.3 Å². The SMILES string of the molecule is CCC(C)C1CN(c2cccnc2C)CCN1. The van der Waals surface area contributed by atoms with E-state index in [9.17, 15) is 0 Å². The Morgan fingerprint density at radius 3 is 3.12 bits per heavy atom. The molecule has 2 unspecified atom stereocenters. The summed E-state index contributed by atoms with van der Waals surface area (Å²) in [5, 5.41) is 3.63. The Kier molecular flexibility index (Phi) is 4.00. The summed E-state index contributed by atoms with van der Waals surface area (Å²) in [6.45, 7) is 9.94. The highest BCUT2D eigenvalue weighted by atomic mass is 15.2. The Morgan fingerprint density at radius 1 is 1.59 bits per heavy atom. The second-order valence-corrected chi connectivity index (χ2v) is 5.00. The van der Waals surface area contributed by atoms with Crippen LogP contribution >= 0.6 is 0 Å². The molecule has 0 aliphatic carbocycles. The van der Waals surface area contributed by atoms with Gasteiger partial charge in [0.05, 0.1) is 11.4 Å². The van der Waals surface area contributed by atoms with Gasteiger partial charge >= 0.3 is 0 Å². The molecule has 1 aliphatic heterocycles. The van der Waals surface area contributed by atoms with Gasteiger partial charge in [-0.3, -0.25) is 4.98 Å². The Balaban J connectivity index is 2.10. The second kappa shape index (κ2) is 5.50. The molecule has 2 rings (SSSR count). The van der Waals surface area contributed by atoms with Crippen LogP contribution in [0.15, 0.2) is 18.3 Å². The lowest BCUT2D eigenvalue weighted by molar-refractivity contribution is 0.341. The van der Waals surface area contributed by atoms with E-state index in [-0.39, 0.29) is 0 Å². The van der Waals surface area contributed by atoms with Crippen molar-refractivity contribution in [2.24, 2.45) is 5.92 Å². The van der Waals surface area contributed by atoms with Gasteiger partial charge in [-0.2, -0.15) is 0 Å². The van der Waals surface area contributed by atoms with Crippen molar-refractivity contribution in [2.45, 2.75) is 33.2 Å². The zero-order valence-electron chi connectivity index (χ0n) is 11.1. The summed E-state index contributed by atoms with van der Waals surface area (Å²) in [5.74, 6) is 0.731. The van der Waals surface area contributed by atoms with Crippen molar-refractivity contribution in [3.8, 4) is 0 Å². The van der Waals surface area contributed by atoms with E-state index in [0.29, 0.717) is 6.04 Å². The van der Waals surface area contributed by atoms with Crippen LogP contribution in [-0.4, -0.2) is 30.7 Å². The van der Waals surface area contributed by atoms with Crippen molar-refractivity contribution >= 4 is 5.69 Å². The van der Waals surface area contributed by atoms with E-state index in [1.807, 2.05) is 12.3 Å². The highest BCUT2D eigenvalue weighted by Crippen LogP contribution is 2.21. The molecule has 1 aromatic rings. The van der Waals surface area contributed by atoms with Crippen LogP contribution in [0.4, 0.5) is 5.69 Å². The third-order valence-corrected chi connectivity index (χ3v) is 3.86. The molecule has 0 spiro atoms. The van der Waals surface area contributed by atoms with E-state index < -0.39 is 0 Å². The summed E-state index contributed by atoms with van der Waals surface area (Å²) in [7, 11) is 0. The summed E-state index contributed by atoms with van der Waals surface area (Å²) in [4.78, 5) is 6.85. The third kappa shape index (κ3) is 2.78. The quantitative estimate of drug-likeness (QED) is 0.867. The molecule has 1 fully saturated rings. The number of piperazine rings is 1. The van der Waals surface area contributed by atoms with Crippen LogP contribution in [0.25, 0.3) is 0 Å². The van der Waals surface area contributed by atoms with Gasteiger partial charge in [-0.25, -0.2) is 0 Å². The van der Waals surface area contributed by atoms with Crippen molar-refractivity contribution in [2.75, 3.05) is 24.5 Å². The summed E-state index contributed by atoms with van der Waals surface area (Å²) in [6.07, 6.45) is 3.10. The molecule has 1 aromatic heterocycles. The average Bonchev–Trinajstić information content (AvgIpc) is 2.38. The average molecular weight is 233 g/mol. The molecule has 1 aliphatic rings. The van der Waals surface area contributed by atoms with E-state index >= 15 is 0 Å². The van der Waals surface area contributed by atoms with Crippen LogP contribution in [0.2, 0.25) is 0 Å². The Labute approximate surface area is 104 Å². The monoisotopic (exact) mass is 233 g/mol. The van der Waals surface area contributed by atoms with E-state index in [1.165, 1.54) is 12.1 Å². The molecule has 2 atom stereocenters. The van der Waals surface area contributed by atoms with Gasteiger partial charge < -0.3 is 10.2 Å². The summed E-state index contributed by atoms with van der Waals surface area (Å²) >= 11 is 0. The molecular weight excluding hydrogens is 210 g/mol. The molecule has 1 N–H and O–H groups in total. The van der Waals surface area contributed by atoms with Gasteiger partial charge in [0.1, 0.15) is 0 Å². The van der Waals surface area contributed by atoms with Gasteiger partial charge in [0.25, 0.3) is 0 Å². The van der Waals surface area contributed by atoms with E-state index in [4.69, 9.17) is 0 Å². The number of pyridine rings is 1. The lowest BCUT2D eigenvalue weighted by atomic mass is 9.97. The van der Waals surface area contributed by atoms with Gasteiger partial charge in [-0.05, 0) is 25.0 Å². The van der Waals surface area contributed by atoms with Crippen molar-refractivity contribution in [3.63, 3.8) is 0 Å². The number of aryl methyl sites for hydroxylation is 1. The first kappa shape index (κ1) is 12.4. The van der Waals surface area contributed by atoms with E-state index in [2.05, 4.69) is 42.0 Å². The van der Waals surface area contributed by atoms with Crippen molar-refractivity contribution in [3.05, 3.63) is 24.0 Å². The standard InChI is InChI=1S/C14H23N3/c1-4-11(2)13-10-17(9-8-16-13)14-6-5-7-15-12(14)3/h5-7,11,13,16H,4,8-10H2,1-3H3. The van der Waals surface area contributed by atoms with Crippen LogP contribution < -0.4 is 10.2 Å². The molecule has 17 heavy (non-hydrogen) atoms. The number of hydrogen-bond donors (Lipinski definition) is 1. The Hall–Kier alpha value is -1.09. The van der Waals surface area contributed by atoms with Crippen molar-refractivity contribution < 1.29 is 0 Å². The lowest BCUT2D eigenvalue weighted by Gasteiger charge is -2.38. The first-order valence-corrected chi connectivity index (χ1v) is 6.62. The number of hydrogen-bond acceptors (Lipinski definition) is 3. The zero-order chi connectivity index (χ0) is 12.3. The number of rotatable bonds is 3. The minimum Gasteiger partial charge on any atom is -0.367 e. The normalized spacial score (nSPS) is 22.5. The zero-order valence-corrected chi connectivity index (χ0v) is 11.1. The molecular formula is C14H23N3. The molecule has 0 aromatic carbocycles. The van der Waals surface area contributed by atoms with Crippen LogP contribution in [0.5, 0.6) is 0 Å². The summed E-state index contributed by atoms with van der Waals surface area (Å²) in [5.41, 5.74) is 2.43. The fourth-order valence-corrected chi connectivity index (χ4v) is 2.47. The smallest absolute Gasteiger partial charge is 0.0605 e. The maximum atomic E-state index is 4.38. The minimum atomic E-state index is 0.605. The van der Waals surface area contributed by atoms with Crippen molar-refractivity contribution in [1.82, 2.24) is 10.3 Å². The fraction of sp³-hybridized carbons (Fsp3) is 0.643. The molecule has 3 nitrogen and oxygen atoms in total. The Bertz CT molecular complexity index is 364. The molecule has 1 saturated heterocycles. The maximum Gasteiger partial charge on any atom is 0.0605 e. The number of anilines is 1. The van der Waals surface area contributed by atoms with Crippen LogP contribution in [0.1, 0.15) is 26.0 Å². The Morgan fingerprint density at radius 2 is 2.41 bits per heavy atom. The first-order valence-electron chi connectivity index (χ1n) is 6.62. The molecule has 0 bridgehead atoms. The molecule has 0 amide bonds. The van der Waals surface area contributed by atoms with Gasteiger partial charge in [0.2, 0.25) is 0 Å². The number of aromatic nitrogens is 1. The summed E-state index contributed by atoms with van der Waals surface area (Å²) < 4.78 is 0. The van der Waals surface area contributed by atoms with Gasteiger partial charge in [-0.15, -0.1) is 0 Å². The third-order valence-electron chi connectivity index (χ3n) is 3.86. The van der Waals surface area contributed by atoms with Crippen molar-refractivity contribution in [1.29, 1.82) is 0 Å². The van der Waals surface area contributed by atoms with E-state index in [0.717, 1.165) is 31.2 Å².